The molecule has 1 aromatic heterocycles. The van der Waals surface area contributed by atoms with Gasteiger partial charge >= 0.3 is 0 Å². The van der Waals surface area contributed by atoms with E-state index < -0.39 is 29.0 Å². The molecule has 0 unspecified atom stereocenters. The highest BCUT2D eigenvalue weighted by atomic mass is 19.2. The highest BCUT2D eigenvalue weighted by molar-refractivity contribution is 6.03. The molecule has 0 aliphatic heterocycles. The van der Waals surface area contributed by atoms with Crippen molar-refractivity contribution in [1.29, 1.82) is 0 Å². The fourth-order valence-electron chi connectivity index (χ4n) is 2.52. The highest BCUT2D eigenvalue weighted by Gasteiger charge is 2.17. The number of carbonyl (C=O) groups excluding carboxylic acids is 1. The Hall–Kier alpha value is -3.55. The number of pyridine rings is 1. The number of benzene rings is 2. The molecule has 0 bridgehead atoms. The Kier molecular flexibility index (Phi) is 5.49. The van der Waals surface area contributed by atoms with E-state index in [-0.39, 0.29) is 5.69 Å². The van der Waals surface area contributed by atoms with Crippen LogP contribution in [0, 0.1) is 24.4 Å². The third-order valence-corrected chi connectivity index (χ3v) is 3.91. The minimum absolute atomic E-state index is 0.0410. The maximum atomic E-state index is 13.8. The average molecular weight is 387 g/mol. The fraction of sp³-hybridized carbons (Fsp3) is 0.100. The number of carbonyl (C=O) groups is 1. The molecule has 1 heterocycles. The maximum Gasteiger partial charge on any atom is 0.274 e. The second-order valence-electron chi connectivity index (χ2n) is 5.94. The number of hydrogen-bond donors (Lipinski definition) is 2. The molecule has 0 atom stereocenters. The summed E-state index contributed by atoms with van der Waals surface area (Å²) in [6.07, 6.45) is 1.39. The van der Waals surface area contributed by atoms with Crippen LogP contribution >= 0.6 is 0 Å². The van der Waals surface area contributed by atoms with Crippen molar-refractivity contribution in [3.8, 4) is 5.75 Å². The average Bonchev–Trinajstić information content (AvgIpc) is 2.69. The van der Waals surface area contributed by atoms with Crippen LogP contribution in [0.25, 0.3) is 0 Å². The number of nitrogens with zero attached hydrogens (tertiary/aromatic N) is 1. The van der Waals surface area contributed by atoms with Crippen LogP contribution in [0.5, 0.6) is 5.75 Å². The molecule has 0 aliphatic carbocycles. The van der Waals surface area contributed by atoms with Crippen LogP contribution in [0.4, 0.5) is 30.2 Å². The van der Waals surface area contributed by atoms with Crippen molar-refractivity contribution in [2.45, 2.75) is 6.92 Å². The largest absolute Gasteiger partial charge is 0.495 e. The van der Waals surface area contributed by atoms with Crippen LogP contribution in [-0.4, -0.2) is 18.0 Å². The maximum absolute atomic E-state index is 13.8. The van der Waals surface area contributed by atoms with Gasteiger partial charge in [-0.3, -0.25) is 9.78 Å². The SMILES string of the molecule is COc1ccc(C)cc1Nc1ccnc(C(=O)Nc2ccc(F)c(F)c2F)c1. The predicted octanol–water partition coefficient (Wildman–Crippen LogP) is 4.81. The van der Waals surface area contributed by atoms with Crippen molar-refractivity contribution >= 4 is 23.0 Å². The third kappa shape index (κ3) is 4.06. The summed E-state index contributed by atoms with van der Waals surface area (Å²) in [5, 5.41) is 5.30. The highest BCUT2D eigenvalue weighted by Crippen LogP contribution is 2.28. The summed E-state index contributed by atoms with van der Waals surface area (Å²) in [6, 6.07) is 10.3. The molecule has 3 rings (SSSR count). The summed E-state index contributed by atoms with van der Waals surface area (Å²) in [6.45, 7) is 1.92. The fourth-order valence-corrected chi connectivity index (χ4v) is 2.52. The van der Waals surface area contributed by atoms with Gasteiger partial charge in [0, 0.05) is 11.9 Å². The molecule has 8 heteroatoms. The summed E-state index contributed by atoms with van der Waals surface area (Å²) in [7, 11) is 1.54. The molecule has 3 aromatic rings. The number of nitrogens with one attached hydrogen (secondary N) is 2. The molecular formula is C20H16F3N3O2. The lowest BCUT2D eigenvalue weighted by molar-refractivity contribution is 0.102. The van der Waals surface area contributed by atoms with Crippen molar-refractivity contribution in [1.82, 2.24) is 4.98 Å². The van der Waals surface area contributed by atoms with Gasteiger partial charge in [0.1, 0.15) is 11.4 Å². The Balaban J connectivity index is 1.83. The molecule has 28 heavy (non-hydrogen) atoms. The first-order valence-electron chi connectivity index (χ1n) is 8.21. The zero-order valence-corrected chi connectivity index (χ0v) is 15.0. The third-order valence-electron chi connectivity index (χ3n) is 3.91. The molecule has 0 fully saturated rings. The normalized spacial score (nSPS) is 10.5. The van der Waals surface area contributed by atoms with Gasteiger partial charge < -0.3 is 15.4 Å². The summed E-state index contributed by atoms with van der Waals surface area (Å²) >= 11 is 0. The van der Waals surface area contributed by atoms with Gasteiger partial charge in [-0.25, -0.2) is 13.2 Å². The van der Waals surface area contributed by atoms with Gasteiger partial charge in [0.25, 0.3) is 5.91 Å². The van der Waals surface area contributed by atoms with E-state index in [4.69, 9.17) is 4.74 Å². The summed E-state index contributed by atoms with van der Waals surface area (Å²) in [5.74, 6) is -4.64. The molecule has 0 saturated heterocycles. The first-order valence-corrected chi connectivity index (χ1v) is 8.21. The van der Waals surface area contributed by atoms with Gasteiger partial charge in [0.15, 0.2) is 17.5 Å². The van der Waals surface area contributed by atoms with E-state index in [9.17, 15) is 18.0 Å². The Morgan fingerprint density at radius 2 is 1.79 bits per heavy atom. The topological polar surface area (TPSA) is 63.2 Å². The number of methoxy groups -OCH3 is 1. The first kappa shape index (κ1) is 19.2. The molecule has 2 N–H and O–H groups in total. The lowest BCUT2D eigenvalue weighted by Gasteiger charge is -2.13. The number of rotatable bonds is 5. The van der Waals surface area contributed by atoms with E-state index >= 15 is 0 Å². The Morgan fingerprint density at radius 1 is 1.00 bits per heavy atom. The number of anilines is 3. The second-order valence-corrected chi connectivity index (χ2v) is 5.94. The summed E-state index contributed by atoms with van der Waals surface area (Å²) in [5.41, 5.74) is 1.70. The lowest BCUT2D eigenvalue weighted by atomic mass is 10.2. The van der Waals surface area contributed by atoms with Crippen LogP contribution in [-0.2, 0) is 0 Å². The van der Waals surface area contributed by atoms with E-state index in [2.05, 4.69) is 15.6 Å². The molecule has 0 spiro atoms. The number of aromatic nitrogens is 1. The second kappa shape index (κ2) is 7.99. The van der Waals surface area contributed by atoms with E-state index in [1.807, 2.05) is 19.1 Å². The van der Waals surface area contributed by atoms with Gasteiger partial charge in [-0.2, -0.15) is 0 Å². The van der Waals surface area contributed by atoms with Crippen molar-refractivity contribution in [2.75, 3.05) is 17.7 Å². The number of halogens is 3. The molecule has 5 nitrogen and oxygen atoms in total. The molecule has 0 radical (unpaired) electrons. The predicted molar refractivity (Wildman–Crippen MR) is 99.5 cm³/mol. The van der Waals surface area contributed by atoms with Gasteiger partial charge in [-0.1, -0.05) is 6.07 Å². The first-order chi connectivity index (χ1) is 13.4. The number of ether oxygens (including phenoxy) is 1. The summed E-state index contributed by atoms with van der Waals surface area (Å²) in [4.78, 5) is 16.3. The van der Waals surface area contributed by atoms with Crippen LogP contribution in [0.3, 0.4) is 0 Å². The number of aryl methyl sites for hydroxylation is 1. The van der Waals surface area contributed by atoms with Crippen molar-refractivity contribution < 1.29 is 22.7 Å². The standard InChI is InChI=1S/C20H16F3N3O2/c1-11-3-6-17(28-2)15(9-11)25-12-7-8-24-16(10-12)20(27)26-14-5-4-13(21)18(22)19(14)23/h3-10H,1-2H3,(H,24,25)(H,26,27). The monoisotopic (exact) mass is 387 g/mol. The van der Waals surface area contributed by atoms with Gasteiger partial charge in [-0.15, -0.1) is 0 Å². The zero-order valence-electron chi connectivity index (χ0n) is 15.0. The molecule has 1 amide bonds. The van der Waals surface area contributed by atoms with Crippen LogP contribution in [0.15, 0.2) is 48.7 Å². The number of hydrogen-bond acceptors (Lipinski definition) is 4. The summed E-state index contributed by atoms with van der Waals surface area (Å²) < 4.78 is 45.4. The van der Waals surface area contributed by atoms with E-state index in [0.29, 0.717) is 17.1 Å². The van der Waals surface area contributed by atoms with Gasteiger partial charge in [0.2, 0.25) is 0 Å². The van der Waals surface area contributed by atoms with Gasteiger partial charge in [0.05, 0.1) is 18.5 Å². The number of amides is 1. The zero-order chi connectivity index (χ0) is 20.3. The van der Waals surface area contributed by atoms with Crippen LogP contribution in [0.1, 0.15) is 16.1 Å². The Morgan fingerprint density at radius 3 is 2.54 bits per heavy atom. The van der Waals surface area contributed by atoms with E-state index in [1.165, 1.54) is 19.4 Å². The Labute approximate surface area is 159 Å². The molecule has 144 valence electrons. The minimum atomic E-state index is -1.66. The van der Waals surface area contributed by atoms with Gasteiger partial charge in [-0.05, 0) is 48.9 Å². The van der Waals surface area contributed by atoms with Crippen molar-refractivity contribution in [2.24, 2.45) is 0 Å². The molecule has 2 aromatic carbocycles. The van der Waals surface area contributed by atoms with E-state index in [0.717, 1.165) is 17.7 Å². The minimum Gasteiger partial charge on any atom is -0.495 e. The van der Waals surface area contributed by atoms with E-state index in [1.54, 1.807) is 12.1 Å². The van der Waals surface area contributed by atoms with Crippen LogP contribution < -0.4 is 15.4 Å². The lowest BCUT2D eigenvalue weighted by Crippen LogP contribution is -2.15. The Bertz CT molecular complexity index is 1040. The smallest absolute Gasteiger partial charge is 0.274 e. The molecule has 0 aliphatic rings. The van der Waals surface area contributed by atoms with Crippen LogP contribution in [0.2, 0.25) is 0 Å². The molecular weight excluding hydrogens is 371 g/mol. The van der Waals surface area contributed by atoms with Crippen molar-refractivity contribution in [3.05, 3.63) is 77.4 Å². The molecule has 0 saturated carbocycles. The van der Waals surface area contributed by atoms with Crippen molar-refractivity contribution in [3.63, 3.8) is 0 Å². The quantitative estimate of drug-likeness (QED) is 0.617.